The molecule has 0 heterocycles. The number of ketones is 1. The zero-order chi connectivity index (χ0) is 18.6. The normalized spacial score (nSPS) is 11.1. The Balaban J connectivity index is 3.37. The lowest BCUT2D eigenvalue weighted by molar-refractivity contribution is -0.121. The molecule has 2 N–H and O–H groups in total. The molecule has 0 rings (SSSR count). The van der Waals surface area contributed by atoms with E-state index in [2.05, 4.69) is 12.2 Å². The van der Waals surface area contributed by atoms with Crippen LogP contribution in [0.25, 0.3) is 0 Å². The molecular formula is C21H39NO3. The molecular weight excluding hydrogens is 314 g/mol. The number of aliphatic hydroxyl groups excluding tert-OH is 1. The maximum Gasteiger partial charge on any atom is 0.219 e. The van der Waals surface area contributed by atoms with E-state index in [-0.39, 0.29) is 18.3 Å². The van der Waals surface area contributed by atoms with E-state index < -0.39 is 0 Å². The standard InChI is InChI=1S/C21H39NO3/c1-2-3-4-5-6-7-8-11-15-20(24)16-12-9-10-13-17-21(25)22-18-14-19-23/h11,15,23H,2-10,12-14,16-19H2,1H3,(H,22,25)/b15-11+. The quantitative estimate of drug-likeness (QED) is 0.277. The van der Waals surface area contributed by atoms with Gasteiger partial charge in [-0.3, -0.25) is 9.59 Å². The van der Waals surface area contributed by atoms with E-state index in [1.807, 2.05) is 6.08 Å². The number of hydrogen-bond donors (Lipinski definition) is 2. The van der Waals surface area contributed by atoms with Crippen LogP contribution in [0.2, 0.25) is 0 Å². The van der Waals surface area contributed by atoms with E-state index in [0.717, 1.165) is 32.1 Å². The van der Waals surface area contributed by atoms with Crippen molar-refractivity contribution in [3.8, 4) is 0 Å². The van der Waals surface area contributed by atoms with Gasteiger partial charge in [0.25, 0.3) is 0 Å². The number of carbonyl (C=O) groups is 2. The summed E-state index contributed by atoms with van der Waals surface area (Å²) >= 11 is 0. The van der Waals surface area contributed by atoms with E-state index in [1.165, 1.54) is 38.5 Å². The maximum atomic E-state index is 11.7. The van der Waals surface area contributed by atoms with Gasteiger partial charge in [-0.05, 0) is 38.2 Å². The van der Waals surface area contributed by atoms with Gasteiger partial charge in [0.05, 0.1) is 0 Å². The fraction of sp³-hybridized carbons (Fsp3) is 0.810. The molecule has 0 atom stereocenters. The smallest absolute Gasteiger partial charge is 0.219 e. The van der Waals surface area contributed by atoms with Gasteiger partial charge in [0.15, 0.2) is 5.78 Å². The lowest BCUT2D eigenvalue weighted by atomic mass is 10.1. The Morgan fingerprint density at radius 1 is 0.840 bits per heavy atom. The number of unbranched alkanes of at least 4 members (excludes halogenated alkanes) is 9. The van der Waals surface area contributed by atoms with Crippen LogP contribution in [-0.2, 0) is 9.59 Å². The van der Waals surface area contributed by atoms with Crippen molar-refractivity contribution in [1.29, 1.82) is 0 Å². The number of allylic oxidation sites excluding steroid dienone is 2. The highest BCUT2D eigenvalue weighted by Gasteiger charge is 2.01. The van der Waals surface area contributed by atoms with Crippen LogP contribution in [0.15, 0.2) is 12.2 Å². The number of aliphatic hydroxyl groups is 1. The first-order chi connectivity index (χ1) is 12.2. The van der Waals surface area contributed by atoms with Crippen LogP contribution in [0, 0.1) is 0 Å². The molecule has 4 heteroatoms. The van der Waals surface area contributed by atoms with Gasteiger partial charge in [-0.2, -0.15) is 0 Å². The predicted octanol–water partition coefficient (Wildman–Crippen LogP) is 4.70. The summed E-state index contributed by atoms with van der Waals surface area (Å²) in [5, 5.41) is 11.4. The fourth-order valence-corrected chi connectivity index (χ4v) is 2.67. The first-order valence-corrected chi connectivity index (χ1v) is 10.3. The van der Waals surface area contributed by atoms with Crippen molar-refractivity contribution in [2.24, 2.45) is 0 Å². The molecule has 0 aromatic heterocycles. The van der Waals surface area contributed by atoms with E-state index in [9.17, 15) is 9.59 Å². The van der Waals surface area contributed by atoms with Gasteiger partial charge >= 0.3 is 0 Å². The minimum absolute atomic E-state index is 0.0575. The van der Waals surface area contributed by atoms with Crippen molar-refractivity contribution in [2.75, 3.05) is 13.2 Å². The van der Waals surface area contributed by atoms with Crippen molar-refractivity contribution in [3.63, 3.8) is 0 Å². The molecule has 0 aliphatic carbocycles. The Bertz CT molecular complexity index is 353. The molecule has 0 aliphatic heterocycles. The third kappa shape index (κ3) is 19.0. The number of nitrogens with one attached hydrogen (secondary N) is 1. The Labute approximate surface area is 154 Å². The molecule has 0 aliphatic rings. The molecule has 0 fully saturated rings. The van der Waals surface area contributed by atoms with Crippen LogP contribution >= 0.6 is 0 Å². The van der Waals surface area contributed by atoms with E-state index >= 15 is 0 Å². The first kappa shape index (κ1) is 23.8. The van der Waals surface area contributed by atoms with Crippen LogP contribution in [0.1, 0.15) is 96.8 Å². The monoisotopic (exact) mass is 353 g/mol. The summed E-state index contributed by atoms with van der Waals surface area (Å²) in [6.07, 6.45) is 18.1. The minimum atomic E-state index is 0.0575. The molecule has 0 saturated carbocycles. The number of rotatable bonds is 18. The SMILES string of the molecule is CCCCCCCC/C=C/C(=O)CCCCCCC(=O)NCCCO. The highest BCUT2D eigenvalue weighted by molar-refractivity contribution is 5.89. The largest absolute Gasteiger partial charge is 0.396 e. The molecule has 0 bridgehead atoms. The van der Waals surface area contributed by atoms with Crippen molar-refractivity contribution >= 4 is 11.7 Å². The van der Waals surface area contributed by atoms with Crippen molar-refractivity contribution < 1.29 is 14.7 Å². The highest BCUT2D eigenvalue weighted by atomic mass is 16.3. The maximum absolute atomic E-state index is 11.7. The Kier molecular flexibility index (Phi) is 18.3. The lowest BCUT2D eigenvalue weighted by Crippen LogP contribution is -2.24. The number of amides is 1. The van der Waals surface area contributed by atoms with Gasteiger partial charge in [-0.25, -0.2) is 0 Å². The first-order valence-electron chi connectivity index (χ1n) is 10.3. The molecule has 0 aromatic rings. The molecule has 0 radical (unpaired) electrons. The Morgan fingerprint density at radius 3 is 2.20 bits per heavy atom. The molecule has 25 heavy (non-hydrogen) atoms. The third-order valence-electron chi connectivity index (χ3n) is 4.26. The molecule has 1 amide bonds. The van der Waals surface area contributed by atoms with Crippen LogP contribution < -0.4 is 5.32 Å². The van der Waals surface area contributed by atoms with Gasteiger partial charge in [0.2, 0.25) is 5.91 Å². The van der Waals surface area contributed by atoms with Crippen LogP contribution in [-0.4, -0.2) is 29.9 Å². The number of carbonyl (C=O) groups excluding carboxylic acids is 2. The summed E-state index contributed by atoms with van der Waals surface area (Å²) in [5.41, 5.74) is 0. The molecule has 0 aromatic carbocycles. The summed E-state index contributed by atoms with van der Waals surface area (Å²) in [4.78, 5) is 23.2. The summed E-state index contributed by atoms with van der Waals surface area (Å²) in [5.74, 6) is 0.287. The summed E-state index contributed by atoms with van der Waals surface area (Å²) in [7, 11) is 0. The van der Waals surface area contributed by atoms with Gasteiger partial charge < -0.3 is 10.4 Å². The molecule has 4 nitrogen and oxygen atoms in total. The topological polar surface area (TPSA) is 66.4 Å². The fourth-order valence-electron chi connectivity index (χ4n) is 2.67. The van der Waals surface area contributed by atoms with E-state index in [0.29, 0.717) is 25.8 Å². The zero-order valence-corrected chi connectivity index (χ0v) is 16.2. The minimum Gasteiger partial charge on any atom is -0.396 e. The van der Waals surface area contributed by atoms with Crippen LogP contribution in [0.3, 0.4) is 0 Å². The second-order valence-electron chi connectivity index (χ2n) is 6.77. The predicted molar refractivity (Wildman–Crippen MR) is 105 cm³/mol. The van der Waals surface area contributed by atoms with Gasteiger partial charge in [0, 0.05) is 26.0 Å². The summed E-state index contributed by atoms with van der Waals surface area (Å²) < 4.78 is 0. The van der Waals surface area contributed by atoms with Crippen molar-refractivity contribution in [1.82, 2.24) is 5.32 Å². The van der Waals surface area contributed by atoms with Gasteiger partial charge in [-0.15, -0.1) is 0 Å². The molecule has 0 spiro atoms. The van der Waals surface area contributed by atoms with Gasteiger partial charge in [0.1, 0.15) is 0 Å². The Morgan fingerprint density at radius 2 is 1.48 bits per heavy atom. The second kappa shape index (κ2) is 19.2. The van der Waals surface area contributed by atoms with Crippen molar-refractivity contribution in [2.45, 2.75) is 96.8 Å². The second-order valence-corrected chi connectivity index (χ2v) is 6.77. The molecule has 0 saturated heterocycles. The highest BCUT2D eigenvalue weighted by Crippen LogP contribution is 2.08. The lowest BCUT2D eigenvalue weighted by Gasteiger charge is -2.03. The molecule has 146 valence electrons. The van der Waals surface area contributed by atoms with Gasteiger partial charge in [-0.1, -0.05) is 57.9 Å². The average molecular weight is 354 g/mol. The zero-order valence-electron chi connectivity index (χ0n) is 16.2. The third-order valence-corrected chi connectivity index (χ3v) is 4.26. The summed E-state index contributed by atoms with van der Waals surface area (Å²) in [6.45, 7) is 2.89. The van der Waals surface area contributed by atoms with Crippen LogP contribution in [0.5, 0.6) is 0 Å². The average Bonchev–Trinajstić information content (AvgIpc) is 2.60. The van der Waals surface area contributed by atoms with E-state index in [4.69, 9.17) is 5.11 Å². The van der Waals surface area contributed by atoms with Crippen molar-refractivity contribution in [3.05, 3.63) is 12.2 Å². The summed E-state index contributed by atoms with van der Waals surface area (Å²) in [6, 6.07) is 0. The van der Waals surface area contributed by atoms with Crippen LogP contribution in [0.4, 0.5) is 0 Å². The van der Waals surface area contributed by atoms with E-state index in [1.54, 1.807) is 6.08 Å². The Hall–Kier alpha value is -1.16. The number of hydrogen-bond acceptors (Lipinski definition) is 3. The molecule has 0 unspecified atom stereocenters.